The van der Waals surface area contributed by atoms with Gasteiger partial charge in [-0.05, 0) is 12.1 Å². The largest absolute Gasteiger partial charge is 0.391 e. The molecule has 0 fully saturated rings. The molecule has 2 N–H and O–H groups in total. The van der Waals surface area contributed by atoms with Crippen LogP contribution in [-0.2, 0) is 23.2 Å². The van der Waals surface area contributed by atoms with Crippen molar-refractivity contribution in [2.24, 2.45) is 0 Å². The Morgan fingerprint density at radius 2 is 2.10 bits per heavy atom. The smallest absolute Gasteiger partial charge is 0.243 e. The first-order valence-electron chi connectivity index (χ1n) is 5.40. The van der Waals surface area contributed by atoms with Crippen LogP contribution >= 0.6 is 11.3 Å². The van der Waals surface area contributed by atoms with Gasteiger partial charge in [-0.3, -0.25) is 0 Å². The maximum absolute atomic E-state index is 13.9. The second kappa shape index (κ2) is 5.92. The van der Waals surface area contributed by atoms with Crippen molar-refractivity contribution in [3.8, 4) is 0 Å². The maximum atomic E-state index is 13.9. The van der Waals surface area contributed by atoms with E-state index in [1.807, 2.05) is 0 Å². The highest BCUT2D eigenvalue weighted by Gasteiger charge is 2.23. The summed E-state index contributed by atoms with van der Waals surface area (Å²) < 4.78 is 53.1. The molecule has 0 spiro atoms. The summed E-state index contributed by atoms with van der Waals surface area (Å²) in [5.41, 5.74) is 1.34. The lowest BCUT2D eigenvalue weighted by Crippen LogP contribution is -2.25. The number of aliphatic hydroxyl groups is 1. The number of hydrogen-bond acceptors (Lipinski definition) is 5. The molecule has 1 aromatic heterocycles. The summed E-state index contributed by atoms with van der Waals surface area (Å²) in [6.07, 6.45) is 0. The van der Waals surface area contributed by atoms with Crippen molar-refractivity contribution in [1.82, 2.24) is 9.71 Å². The number of halogens is 2. The molecule has 108 valence electrons. The number of benzene rings is 1. The number of aromatic nitrogens is 1. The zero-order chi connectivity index (χ0) is 14.8. The molecule has 9 heteroatoms. The molecule has 0 bridgehead atoms. The van der Waals surface area contributed by atoms with E-state index in [-0.39, 0.29) is 6.54 Å². The summed E-state index contributed by atoms with van der Waals surface area (Å²) in [6.45, 7) is -1.02. The van der Waals surface area contributed by atoms with E-state index in [1.54, 1.807) is 5.38 Å². The summed E-state index contributed by atoms with van der Waals surface area (Å²) >= 11 is 1.29. The monoisotopic (exact) mass is 320 g/mol. The van der Waals surface area contributed by atoms with E-state index in [0.717, 1.165) is 12.1 Å². The zero-order valence-corrected chi connectivity index (χ0v) is 11.6. The van der Waals surface area contributed by atoms with Crippen molar-refractivity contribution >= 4 is 21.4 Å². The van der Waals surface area contributed by atoms with Crippen LogP contribution in [-0.4, -0.2) is 18.5 Å². The number of nitrogens with zero attached hydrogens (tertiary/aromatic N) is 1. The number of aliphatic hydroxyl groups excluding tert-OH is 1. The van der Waals surface area contributed by atoms with Gasteiger partial charge in [0.25, 0.3) is 0 Å². The first-order valence-corrected chi connectivity index (χ1v) is 7.82. The molecule has 1 aromatic carbocycles. The molecule has 0 saturated heterocycles. The van der Waals surface area contributed by atoms with Gasteiger partial charge < -0.3 is 5.11 Å². The normalized spacial score (nSPS) is 11.8. The van der Waals surface area contributed by atoms with Crippen molar-refractivity contribution in [3.63, 3.8) is 0 Å². The molecule has 2 aromatic rings. The standard InChI is InChI=1S/C11H10F2N2O3S2/c12-9-1-2-10(11(13)8(9)4-16)20(17,18)15-3-7-5-19-6-14-7/h1-2,5-6,15-16H,3-4H2. The molecule has 0 atom stereocenters. The summed E-state index contributed by atoms with van der Waals surface area (Å²) in [5, 5.41) is 10.5. The number of thiazole rings is 1. The molecule has 5 nitrogen and oxygen atoms in total. The highest BCUT2D eigenvalue weighted by Crippen LogP contribution is 2.21. The predicted octanol–water partition coefficient (Wildman–Crippen LogP) is 1.39. The molecule has 1 heterocycles. The van der Waals surface area contributed by atoms with Gasteiger partial charge in [0.05, 0.1) is 29.9 Å². The average molecular weight is 320 g/mol. The van der Waals surface area contributed by atoms with Gasteiger partial charge in [-0.25, -0.2) is 26.9 Å². The topological polar surface area (TPSA) is 79.3 Å². The molecule has 2 rings (SSSR count). The van der Waals surface area contributed by atoms with E-state index >= 15 is 0 Å². The molecule has 0 aliphatic carbocycles. The van der Waals surface area contributed by atoms with Crippen LogP contribution in [0.1, 0.15) is 11.3 Å². The molecule has 20 heavy (non-hydrogen) atoms. The van der Waals surface area contributed by atoms with Gasteiger partial charge in [-0.2, -0.15) is 0 Å². The molecule has 0 amide bonds. The lowest BCUT2D eigenvalue weighted by molar-refractivity contribution is 0.267. The zero-order valence-electron chi connectivity index (χ0n) is 10.0. The van der Waals surface area contributed by atoms with Crippen molar-refractivity contribution in [1.29, 1.82) is 0 Å². The highest BCUT2D eigenvalue weighted by atomic mass is 32.2. The van der Waals surface area contributed by atoms with Gasteiger partial charge in [-0.15, -0.1) is 11.3 Å². The fraction of sp³-hybridized carbons (Fsp3) is 0.182. The SMILES string of the molecule is O=S(=O)(NCc1cscn1)c1ccc(F)c(CO)c1F. The third kappa shape index (κ3) is 3.01. The number of rotatable bonds is 5. The quantitative estimate of drug-likeness (QED) is 0.872. The molecule has 0 saturated carbocycles. The van der Waals surface area contributed by atoms with Crippen molar-refractivity contribution in [3.05, 3.63) is 45.9 Å². The Hall–Kier alpha value is -1.42. The Balaban J connectivity index is 2.30. The van der Waals surface area contributed by atoms with E-state index in [9.17, 15) is 17.2 Å². The van der Waals surface area contributed by atoms with Crippen LogP contribution in [0.5, 0.6) is 0 Å². The Morgan fingerprint density at radius 1 is 1.35 bits per heavy atom. The lowest BCUT2D eigenvalue weighted by Gasteiger charge is -2.09. The van der Waals surface area contributed by atoms with Crippen LogP contribution in [0.2, 0.25) is 0 Å². The Bertz CT molecular complexity index is 703. The van der Waals surface area contributed by atoms with Crippen LogP contribution in [0.15, 0.2) is 27.9 Å². The molecular formula is C11H10F2N2O3S2. The van der Waals surface area contributed by atoms with E-state index in [0.29, 0.717) is 5.69 Å². The predicted molar refractivity (Wildman–Crippen MR) is 68.4 cm³/mol. The molecule has 0 unspecified atom stereocenters. The van der Waals surface area contributed by atoms with Crippen LogP contribution in [0, 0.1) is 11.6 Å². The Kier molecular flexibility index (Phi) is 4.43. The van der Waals surface area contributed by atoms with Gasteiger partial charge in [0.2, 0.25) is 10.0 Å². The van der Waals surface area contributed by atoms with E-state index in [2.05, 4.69) is 9.71 Å². The second-order valence-electron chi connectivity index (χ2n) is 3.80. The minimum Gasteiger partial charge on any atom is -0.391 e. The van der Waals surface area contributed by atoms with Gasteiger partial charge >= 0.3 is 0 Å². The summed E-state index contributed by atoms with van der Waals surface area (Å²) in [7, 11) is -4.15. The fourth-order valence-electron chi connectivity index (χ4n) is 1.50. The minimum absolute atomic E-state index is 0.100. The van der Waals surface area contributed by atoms with Gasteiger partial charge in [0.1, 0.15) is 10.7 Å². The van der Waals surface area contributed by atoms with E-state index < -0.39 is 38.7 Å². The highest BCUT2D eigenvalue weighted by molar-refractivity contribution is 7.89. The molecule has 0 radical (unpaired) electrons. The van der Waals surface area contributed by atoms with E-state index in [1.165, 1.54) is 16.8 Å². The number of nitrogens with one attached hydrogen (secondary N) is 1. The second-order valence-corrected chi connectivity index (χ2v) is 6.25. The van der Waals surface area contributed by atoms with Gasteiger partial charge in [0.15, 0.2) is 5.82 Å². The third-order valence-corrected chi connectivity index (χ3v) is 4.58. The minimum atomic E-state index is -4.15. The summed E-state index contributed by atoms with van der Waals surface area (Å²) in [5.74, 6) is -2.29. The van der Waals surface area contributed by atoms with Crippen LogP contribution in [0.4, 0.5) is 8.78 Å². The fourth-order valence-corrected chi connectivity index (χ4v) is 3.16. The lowest BCUT2D eigenvalue weighted by atomic mass is 10.2. The van der Waals surface area contributed by atoms with Crippen LogP contribution in [0.3, 0.4) is 0 Å². The van der Waals surface area contributed by atoms with E-state index in [4.69, 9.17) is 5.11 Å². The van der Waals surface area contributed by atoms with Gasteiger partial charge in [0, 0.05) is 5.38 Å². The molecular weight excluding hydrogens is 310 g/mol. The maximum Gasteiger partial charge on any atom is 0.243 e. The first-order chi connectivity index (χ1) is 9.45. The first kappa shape index (κ1) is 15.0. The third-order valence-electron chi connectivity index (χ3n) is 2.53. The van der Waals surface area contributed by atoms with Crippen LogP contribution < -0.4 is 4.72 Å². The number of hydrogen-bond donors (Lipinski definition) is 2. The van der Waals surface area contributed by atoms with Crippen molar-refractivity contribution in [2.45, 2.75) is 18.0 Å². The summed E-state index contributed by atoms with van der Waals surface area (Å²) in [4.78, 5) is 3.17. The average Bonchev–Trinajstić information content (AvgIpc) is 2.90. The van der Waals surface area contributed by atoms with Crippen molar-refractivity contribution < 1.29 is 22.3 Å². The Labute approximate surface area is 118 Å². The van der Waals surface area contributed by atoms with Crippen molar-refractivity contribution in [2.75, 3.05) is 0 Å². The van der Waals surface area contributed by atoms with Gasteiger partial charge in [-0.1, -0.05) is 0 Å². The molecule has 0 aliphatic rings. The van der Waals surface area contributed by atoms with Crippen LogP contribution in [0.25, 0.3) is 0 Å². The molecule has 0 aliphatic heterocycles. The summed E-state index contributed by atoms with van der Waals surface area (Å²) in [6, 6.07) is 1.61. The number of sulfonamides is 1. The Morgan fingerprint density at radius 3 is 2.70 bits per heavy atom.